The summed E-state index contributed by atoms with van der Waals surface area (Å²) in [6.45, 7) is 10.1. The van der Waals surface area contributed by atoms with Crippen LogP contribution in [-0.4, -0.2) is 8.42 Å². The Morgan fingerprint density at radius 2 is 1.45 bits per heavy atom. The molecule has 2 aliphatic rings. The van der Waals surface area contributed by atoms with E-state index in [4.69, 9.17) is 0 Å². The van der Waals surface area contributed by atoms with Gasteiger partial charge in [-0.2, -0.15) is 0 Å². The van der Waals surface area contributed by atoms with Crippen LogP contribution >= 0.6 is 0 Å². The maximum Gasteiger partial charge on any atom is -1.00 e. The van der Waals surface area contributed by atoms with E-state index in [-0.39, 0.29) is 30.7 Å². The molecule has 1 atom stereocenters. The van der Waals surface area contributed by atoms with E-state index in [0.717, 1.165) is 16.7 Å². The first kappa shape index (κ1) is 24.4. The Hall–Kier alpha value is -0.876. The van der Waals surface area contributed by atoms with Crippen molar-refractivity contribution in [2.24, 2.45) is 5.92 Å². The van der Waals surface area contributed by atoms with E-state index in [1.54, 1.807) is 0 Å². The third kappa shape index (κ3) is 3.80. The monoisotopic (exact) mass is 485 g/mol. The molecule has 1 unspecified atom stereocenters. The van der Waals surface area contributed by atoms with E-state index in [1.165, 1.54) is 17.2 Å². The zero-order valence-corrected chi connectivity index (χ0v) is 21.1. The van der Waals surface area contributed by atoms with Crippen molar-refractivity contribution in [1.29, 1.82) is 0 Å². The molecule has 2 aromatic carbocycles. The van der Waals surface area contributed by atoms with Crippen molar-refractivity contribution in [3.63, 3.8) is 0 Å². The molecule has 1 heterocycles. The number of aryl methyl sites for hydroxylation is 3. The van der Waals surface area contributed by atoms with Crippen LogP contribution in [0.25, 0.3) is 0 Å². The van der Waals surface area contributed by atoms with Crippen molar-refractivity contribution in [1.82, 2.24) is 3.20 Å². The fourth-order valence-corrected chi connectivity index (χ4v) is 16.9. The fraction of sp³-hybridized carbons (Fsp3) is 0.273. The van der Waals surface area contributed by atoms with Crippen molar-refractivity contribution in [3.05, 3.63) is 74.7 Å². The van der Waals surface area contributed by atoms with Gasteiger partial charge in [0.2, 0.25) is 0 Å². The molecular weight excluding hydrogens is 461 g/mol. The van der Waals surface area contributed by atoms with E-state index in [9.17, 15) is 8.42 Å². The Bertz CT molecular complexity index is 1090. The topological polar surface area (TPSA) is 46.2 Å². The average molecular weight is 486 g/mol. The minimum atomic E-state index is -3.61. The van der Waals surface area contributed by atoms with Crippen molar-refractivity contribution in [3.8, 4) is 0 Å². The van der Waals surface area contributed by atoms with Crippen LogP contribution in [0.15, 0.2) is 62.9 Å². The number of halogens is 2. The Balaban J connectivity index is 0.00000150. The molecule has 0 fully saturated rings. The number of hydrogen-bond donors (Lipinski definition) is 1. The smallest absolute Gasteiger partial charge is 1.00 e. The van der Waals surface area contributed by atoms with E-state index < -0.39 is 26.9 Å². The van der Waals surface area contributed by atoms with Gasteiger partial charge in [-0.3, -0.25) is 0 Å². The van der Waals surface area contributed by atoms with Gasteiger partial charge < -0.3 is 24.8 Å². The summed E-state index contributed by atoms with van der Waals surface area (Å²) < 4.78 is 34.2. The third-order valence-corrected chi connectivity index (χ3v) is 16.3. The second-order valence-corrected chi connectivity index (χ2v) is 15.3. The number of rotatable bonds is 4. The number of allylic oxidation sites excluding steroid dienone is 4. The summed E-state index contributed by atoms with van der Waals surface area (Å²) in [5.74, 6) is 0.278. The van der Waals surface area contributed by atoms with E-state index in [0.29, 0.717) is 4.90 Å². The molecule has 3 nitrogen and oxygen atoms in total. The van der Waals surface area contributed by atoms with E-state index >= 15 is 0 Å². The molecule has 0 spiro atoms. The standard InChI is InChI=1S/C9H12NO2S.C7H9.C6H4.2ClH.Ti/c1-6-4-7(2)9(8(3)5-6)13(10,11)12;1-6-3-4-7(2)5-6;1-2-4-6-5-3-1;;;/h4-5H,1-3H3,(H-,10,11,12);3-4,6H,1-2H3;1-4H;2*1H;/q-1;;;;;+3/p-2. The maximum atomic E-state index is 13.6. The predicted molar refractivity (Wildman–Crippen MR) is 108 cm³/mol. The molecule has 154 valence electrons. The second-order valence-electron chi connectivity index (χ2n) is 7.87. The van der Waals surface area contributed by atoms with Crippen LogP contribution in [0.5, 0.6) is 0 Å². The summed E-state index contributed by atoms with van der Waals surface area (Å²) in [6, 6.07) is 12.2. The average Bonchev–Trinajstić information content (AvgIpc) is 3.04. The summed E-state index contributed by atoms with van der Waals surface area (Å²) in [5, 5.41) is 0. The molecule has 0 bridgehead atoms. The first-order valence-electron chi connectivity index (χ1n) is 9.29. The molecule has 29 heavy (non-hydrogen) atoms. The summed E-state index contributed by atoms with van der Waals surface area (Å²) in [4.78, 5) is 0.438. The number of benzene rings is 2. The molecule has 0 radical (unpaired) electrons. The van der Waals surface area contributed by atoms with Crippen molar-refractivity contribution in [2.75, 3.05) is 0 Å². The third-order valence-electron chi connectivity index (χ3n) is 5.75. The van der Waals surface area contributed by atoms with Gasteiger partial charge in [-0.25, -0.2) is 0 Å². The largest absolute Gasteiger partial charge is 1.00 e. The van der Waals surface area contributed by atoms with Crippen LogP contribution < -0.4 is 35.8 Å². The normalized spacial score (nSPS) is 17.6. The van der Waals surface area contributed by atoms with Gasteiger partial charge in [0.25, 0.3) is 0 Å². The molecular formula is C22H25Cl2NO2STi. The van der Waals surface area contributed by atoms with Crippen molar-refractivity contribution >= 4 is 17.8 Å². The van der Waals surface area contributed by atoms with E-state index in [1.807, 2.05) is 45.0 Å². The van der Waals surface area contributed by atoms with Crippen LogP contribution in [0.2, 0.25) is 0 Å². The Morgan fingerprint density at radius 1 is 0.931 bits per heavy atom. The molecule has 4 rings (SSSR count). The second kappa shape index (κ2) is 8.34. The molecule has 0 saturated heterocycles. The quantitative estimate of drug-likeness (QED) is 0.483. The van der Waals surface area contributed by atoms with Gasteiger partial charge in [-0.05, 0) is 0 Å². The Morgan fingerprint density at radius 3 is 1.90 bits per heavy atom. The molecule has 0 aromatic heterocycles. The Labute approximate surface area is 190 Å². The number of nitrogens with one attached hydrogen (secondary N) is 1. The zero-order valence-electron chi connectivity index (χ0n) is 17.2. The molecule has 0 saturated carbocycles. The molecule has 2 aromatic rings. The van der Waals surface area contributed by atoms with Gasteiger partial charge in [0.1, 0.15) is 0 Å². The minimum absolute atomic E-state index is 0. The van der Waals surface area contributed by atoms with Crippen molar-refractivity contribution < 1.29 is 50.1 Å². The van der Waals surface area contributed by atoms with Gasteiger partial charge in [0.05, 0.1) is 0 Å². The summed E-state index contributed by atoms with van der Waals surface area (Å²) in [7, 11) is -3.61. The number of fused-ring (bicyclic) bond motifs is 1. The first-order valence-corrected chi connectivity index (χ1v) is 13.9. The molecule has 1 aliphatic heterocycles. The van der Waals surface area contributed by atoms with Gasteiger partial charge in [-0.15, -0.1) is 0 Å². The molecule has 1 N–H and O–H groups in total. The maximum absolute atomic E-state index is 13.6. The Kier molecular flexibility index (Phi) is 7.01. The van der Waals surface area contributed by atoms with Gasteiger partial charge in [0, 0.05) is 0 Å². The van der Waals surface area contributed by atoms with Crippen LogP contribution in [0.3, 0.4) is 0 Å². The molecule has 1 aliphatic carbocycles. The van der Waals surface area contributed by atoms with Crippen LogP contribution in [0, 0.1) is 26.7 Å². The van der Waals surface area contributed by atoms with Gasteiger partial charge in [-0.1, -0.05) is 0 Å². The van der Waals surface area contributed by atoms with Crippen molar-refractivity contribution in [2.45, 2.75) is 39.5 Å². The fourth-order valence-electron chi connectivity index (χ4n) is 4.82. The van der Waals surface area contributed by atoms with Gasteiger partial charge >= 0.3 is 166 Å². The molecule has 7 heteroatoms. The van der Waals surface area contributed by atoms with Crippen LogP contribution in [-0.2, 0) is 26.9 Å². The SMILES string of the molecule is CC1=[C]([Ti+2]2([NH]S(=O)(=O)c3c(C)cc(C)cc3C)[c]3cccc[c]32)C(C)C=C1.[Cl-].[Cl-]. The van der Waals surface area contributed by atoms with E-state index in [2.05, 4.69) is 41.3 Å². The van der Waals surface area contributed by atoms with Crippen LogP contribution in [0.1, 0.15) is 30.5 Å². The number of hydrogen-bond acceptors (Lipinski definition) is 2. The van der Waals surface area contributed by atoms with Crippen LogP contribution in [0.4, 0.5) is 0 Å². The summed E-state index contributed by atoms with van der Waals surface area (Å²) in [5.41, 5.74) is 3.93. The minimum Gasteiger partial charge on any atom is -1.00 e. The zero-order chi connectivity index (χ0) is 19.6. The predicted octanol–water partition coefficient (Wildman–Crippen LogP) is -2.59. The molecule has 0 amide bonds. The summed E-state index contributed by atoms with van der Waals surface area (Å²) in [6.07, 6.45) is 4.33. The first-order chi connectivity index (χ1) is 12.7. The number of sulfonamides is 1. The summed E-state index contributed by atoms with van der Waals surface area (Å²) >= 11 is -3.23. The van der Waals surface area contributed by atoms with Gasteiger partial charge in [0.15, 0.2) is 0 Å².